The first-order valence-corrected chi connectivity index (χ1v) is 3.62. The van der Waals surface area contributed by atoms with Crippen LogP contribution in [-0.4, -0.2) is 36.6 Å². The average molecular weight is 143 g/mol. The Kier molecular flexibility index (Phi) is 4.94. The largest absolute Gasteiger partial charge is 0.327 e. The van der Waals surface area contributed by atoms with Gasteiger partial charge in [-0.1, -0.05) is 13.8 Å². The maximum Gasteiger partial charge on any atom is 0.327 e. The molecule has 0 saturated heterocycles. The first-order chi connectivity index (χ1) is 4.76. The Labute approximate surface area is 62.6 Å². The highest BCUT2D eigenvalue weighted by molar-refractivity contribution is 5.46. The third kappa shape index (κ3) is 2.82. The predicted octanol–water partition coefficient (Wildman–Crippen LogP) is 0.632. The molecule has 0 spiro atoms. The predicted molar refractivity (Wildman–Crippen MR) is 41.0 cm³/mol. The second-order valence-electron chi connectivity index (χ2n) is 2.16. The molecule has 0 aromatic heterocycles. The zero-order chi connectivity index (χ0) is 7.98. The van der Waals surface area contributed by atoms with Gasteiger partial charge in [0.05, 0.1) is 0 Å². The van der Waals surface area contributed by atoms with Crippen molar-refractivity contribution < 1.29 is 4.79 Å². The van der Waals surface area contributed by atoms with Gasteiger partial charge in [-0.3, -0.25) is 9.80 Å². The summed E-state index contributed by atoms with van der Waals surface area (Å²) < 4.78 is 0. The standard InChI is InChI=1S/C7H15N2O/c1-4-6-9(5-2)8(3)7-10/h4-6H2,1-3H3. The van der Waals surface area contributed by atoms with Crippen LogP contribution in [0, 0.1) is 0 Å². The van der Waals surface area contributed by atoms with Gasteiger partial charge < -0.3 is 0 Å². The average Bonchev–Trinajstić information content (AvgIpc) is 1.99. The Morgan fingerprint density at radius 1 is 1.40 bits per heavy atom. The molecule has 1 radical (unpaired) electrons. The van der Waals surface area contributed by atoms with Gasteiger partial charge in [-0.25, -0.2) is 5.01 Å². The number of nitrogens with zero attached hydrogens (tertiary/aromatic N) is 2. The van der Waals surface area contributed by atoms with Crippen molar-refractivity contribution in [2.24, 2.45) is 0 Å². The first-order valence-electron chi connectivity index (χ1n) is 3.62. The summed E-state index contributed by atoms with van der Waals surface area (Å²) in [6.07, 6.45) is 2.87. The fourth-order valence-electron chi connectivity index (χ4n) is 0.836. The molecule has 0 aromatic rings. The summed E-state index contributed by atoms with van der Waals surface area (Å²) in [5, 5.41) is 3.40. The van der Waals surface area contributed by atoms with Crippen molar-refractivity contribution in [2.45, 2.75) is 20.3 Å². The molecule has 0 N–H and O–H groups in total. The van der Waals surface area contributed by atoms with Crippen molar-refractivity contribution in [2.75, 3.05) is 20.1 Å². The van der Waals surface area contributed by atoms with Crippen LogP contribution in [0.4, 0.5) is 0 Å². The molecule has 0 aliphatic rings. The van der Waals surface area contributed by atoms with E-state index in [1.807, 2.05) is 18.3 Å². The molecule has 0 aliphatic carbocycles. The van der Waals surface area contributed by atoms with E-state index in [2.05, 4.69) is 6.92 Å². The SMILES string of the molecule is CCCN(CC)N(C)[C]=O. The highest BCUT2D eigenvalue weighted by Gasteiger charge is 2.04. The third-order valence-electron chi connectivity index (χ3n) is 1.40. The molecule has 3 nitrogen and oxygen atoms in total. The highest BCUT2D eigenvalue weighted by Crippen LogP contribution is 1.92. The molecule has 0 saturated carbocycles. The lowest BCUT2D eigenvalue weighted by Crippen LogP contribution is -2.39. The number of hydrogen-bond acceptors (Lipinski definition) is 2. The lowest BCUT2D eigenvalue weighted by atomic mass is 10.4. The Hall–Kier alpha value is -0.570. The molecule has 1 amide bonds. The quantitative estimate of drug-likeness (QED) is 0.416. The summed E-state index contributed by atoms with van der Waals surface area (Å²) in [7, 11) is 1.71. The minimum Gasteiger partial charge on any atom is -0.270 e. The van der Waals surface area contributed by atoms with Crippen LogP contribution in [0.2, 0.25) is 0 Å². The Morgan fingerprint density at radius 3 is 2.30 bits per heavy atom. The fraction of sp³-hybridized carbons (Fsp3) is 0.857. The Balaban J connectivity index is 3.67. The van der Waals surface area contributed by atoms with Crippen molar-refractivity contribution in [1.29, 1.82) is 0 Å². The van der Waals surface area contributed by atoms with E-state index in [0.29, 0.717) is 0 Å². The van der Waals surface area contributed by atoms with E-state index in [0.717, 1.165) is 19.5 Å². The van der Waals surface area contributed by atoms with Gasteiger partial charge in [-0.15, -0.1) is 0 Å². The van der Waals surface area contributed by atoms with E-state index in [1.54, 1.807) is 7.05 Å². The van der Waals surface area contributed by atoms with Gasteiger partial charge in [-0.05, 0) is 6.42 Å². The maximum atomic E-state index is 10.1. The van der Waals surface area contributed by atoms with Gasteiger partial charge in [0.1, 0.15) is 0 Å². The van der Waals surface area contributed by atoms with Crippen LogP contribution in [0.1, 0.15) is 20.3 Å². The summed E-state index contributed by atoms with van der Waals surface area (Å²) >= 11 is 0. The number of amides is 1. The van der Waals surface area contributed by atoms with Crippen molar-refractivity contribution >= 4 is 6.41 Å². The van der Waals surface area contributed by atoms with Crippen LogP contribution < -0.4 is 0 Å². The van der Waals surface area contributed by atoms with E-state index >= 15 is 0 Å². The van der Waals surface area contributed by atoms with Gasteiger partial charge in [0.15, 0.2) is 0 Å². The van der Waals surface area contributed by atoms with E-state index in [1.165, 1.54) is 5.01 Å². The second kappa shape index (κ2) is 5.23. The molecule has 10 heavy (non-hydrogen) atoms. The van der Waals surface area contributed by atoms with E-state index in [-0.39, 0.29) is 0 Å². The number of carbonyl (C=O) groups excluding carboxylic acids is 1. The molecular weight excluding hydrogens is 128 g/mol. The fourth-order valence-corrected chi connectivity index (χ4v) is 0.836. The van der Waals surface area contributed by atoms with Crippen LogP contribution in [0.5, 0.6) is 0 Å². The Morgan fingerprint density at radius 2 is 2.00 bits per heavy atom. The maximum absolute atomic E-state index is 10.1. The van der Waals surface area contributed by atoms with E-state index in [9.17, 15) is 4.79 Å². The first kappa shape index (κ1) is 9.43. The van der Waals surface area contributed by atoms with Crippen LogP contribution in [0.25, 0.3) is 0 Å². The van der Waals surface area contributed by atoms with Crippen molar-refractivity contribution in [3.05, 3.63) is 0 Å². The molecule has 0 bridgehead atoms. The number of hydrazine groups is 1. The number of rotatable bonds is 5. The van der Waals surface area contributed by atoms with Gasteiger partial charge in [0, 0.05) is 20.1 Å². The molecule has 59 valence electrons. The smallest absolute Gasteiger partial charge is 0.270 e. The highest BCUT2D eigenvalue weighted by atomic mass is 16.1. The van der Waals surface area contributed by atoms with Crippen LogP contribution in [-0.2, 0) is 4.79 Å². The van der Waals surface area contributed by atoms with Crippen LogP contribution >= 0.6 is 0 Å². The summed E-state index contributed by atoms with van der Waals surface area (Å²) in [4.78, 5) is 10.1. The lowest BCUT2D eigenvalue weighted by Gasteiger charge is -2.25. The molecule has 0 unspecified atom stereocenters. The van der Waals surface area contributed by atoms with Crippen molar-refractivity contribution in [1.82, 2.24) is 10.0 Å². The third-order valence-corrected chi connectivity index (χ3v) is 1.40. The van der Waals surface area contributed by atoms with E-state index in [4.69, 9.17) is 0 Å². The summed E-state index contributed by atoms with van der Waals surface area (Å²) in [6.45, 7) is 5.88. The summed E-state index contributed by atoms with van der Waals surface area (Å²) in [6, 6.07) is 0. The molecule has 0 aromatic carbocycles. The van der Waals surface area contributed by atoms with Gasteiger partial charge in [0.25, 0.3) is 0 Å². The van der Waals surface area contributed by atoms with Gasteiger partial charge in [0.2, 0.25) is 0 Å². The number of hydrogen-bond donors (Lipinski definition) is 0. The van der Waals surface area contributed by atoms with Crippen LogP contribution in [0.15, 0.2) is 0 Å². The normalized spacial score (nSPS) is 10.0. The van der Waals surface area contributed by atoms with Crippen LogP contribution in [0.3, 0.4) is 0 Å². The zero-order valence-corrected chi connectivity index (χ0v) is 6.92. The Bertz CT molecular complexity index is 95.6. The molecular formula is C7H15N2O. The lowest BCUT2D eigenvalue weighted by molar-refractivity contribution is 0.0732. The summed E-state index contributed by atoms with van der Waals surface area (Å²) in [5.74, 6) is 0. The van der Waals surface area contributed by atoms with Gasteiger partial charge in [-0.2, -0.15) is 0 Å². The zero-order valence-electron chi connectivity index (χ0n) is 6.92. The molecule has 0 heterocycles. The van der Waals surface area contributed by atoms with Gasteiger partial charge >= 0.3 is 6.41 Å². The monoisotopic (exact) mass is 143 g/mol. The van der Waals surface area contributed by atoms with E-state index < -0.39 is 0 Å². The summed E-state index contributed by atoms with van der Waals surface area (Å²) in [5.41, 5.74) is 0. The molecule has 0 atom stereocenters. The van der Waals surface area contributed by atoms with Crippen molar-refractivity contribution in [3.8, 4) is 0 Å². The topological polar surface area (TPSA) is 23.6 Å². The molecule has 0 aliphatic heterocycles. The molecule has 3 heteroatoms. The molecule has 0 fully saturated rings. The minimum absolute atomic E-state index is 0.861. The minimum atomic E-state index is 0.861. The van der Waals surface area contributed by atoms with Crippen molar-refractivity contribution in [3.63, 3.8) is 0 Å². The second-order valence-corrected chi connectivity index (χ2v) is 2.16. The molecule has 0 rings (SSSR count).